The number of anilines is 1. The summed E-state index contributed by atoms with van der Waals surface area (Å²) < 4.78 is 11.2. The number of amides is 1. The van der Waals surface area contributed by atoms with Crippen molar-refractivity contribution in [3.05, 3.63) is 63.9 Å². The van der Waals surface area contributed by atoms with E-state index in [0.29, 0.717) is 54.3 Å². The molecule has 10 nitrogen and oxygen atoms in total. The number of nitrogens with zero attached hydrogens (tertiary/aromatic N) is 4. The lowest BCUT2D eigenvalue weighted by molar-refractivity contribution is -0.133. The monoisotopic (exact) mass is 615 g/mol. The summed E-state index contributed by atoms with van der Waals surface area (Å²) in [6, 6.07) is 11.8. The van der Waals surface area contributed by atoms with E-state index < -0.39 is 0 Å². The summed E-state index contributed by atoms with van der Waals surface area (Å²) in [6.07, 6.45) is 3.71. The number of pyridine rings is 2. The number of carbonyl (C=O) groups is 2. The van der Waals surface area contributed by atoms with Crippen molar-refractivity contribution in [2.75, 3.05) is 44.8 Å². The number of hydrogen-bond acceptors (Lipinski definition) is 8. The summed E-state index contributed by atoms with van der Waals surface area (Å²) in [5.41, 5.74) is 10.2. The summed E-state index contributed by atoms with van der Waals surface area (Å²) in [4.78, 5) is 35.1. The van der Waals surface area contributed by atoms with E-state index in [1.807, 2.05) is 42.2 Å². The molecule has 3 aromatic rings. The highest BCUT2D eigenvalue weighted by Crippen LogP contribution is 2.46. The minimum atomic E-state index is -0.250. The lowest BCUT2D eigenvalue weighted by Crippen LogP contribution is -2.53. The number of aromatic nitrogens is 2. The molecule has 42 heavy (non-hydrogen) atoms. The van der Waals surface area contributed by atoms with Gasteiger partial charge in [0.1, 0.15) is 5.02 Å². The number of methoxy groups -OCH3 is 1. The van der Waals surface area contributed by atoms with Crippen molar-refractivity contribution < 1.29 is 24.2 Å². The molecule has 1 amide bonds. The van der Waals surface area contributed by atoms with Crippen molar-refractivity contribution in [1.82, 2.24) is 14.9 Å². The van der Waals surface area contributed by atoms with Crippen LogP contribution in [0.3, 0.4) is 0 Å². The maximum absolute atomic E-state index is 13.1. The van der Waals surface area contributed by atoms with Gasteiger partial charge in [0.15, 0.2) is 5.75 Å². The average Bonchev–Trinajstić information content (AvgIpc) is 2.99. The van der Waals surface area contributed by atoms with Gasteiger partial charge in [0.25, 0.3) is 6.47 Å². The second kappa shape index (κ2) is 14.0. The molecular weight excluding hydrogens is 581 g/mol. The molecular formula is C30H35Cl2N5O5. The largest absolute Gasteiger partial charge is 0.494 e. The molecule has 12 heteroatoms. The second-order valence-electron chi connectivity index (χ2n) is 10.1. The van der Waals surface area contributed by atoms with Gasteiger partial charge < -0.3 is 30.1 Å². The highest BCUT2D eigenvalue weighted by molar-refractivity contribution is 6.39. The van der Waals surface area contributed by atoms with E-state index in [9.17, 15) is 4.79 Å². The van der Waals surface area contributed by atoms with E-state index in [0.717, 1.165) is 48.6 Å². The van der Waals surface area contributed by atoms with Crippen molar-refractivity contribution in [1.29, 1.82) is 0 Å². The summed E-state index contributed by atoms with van der Waals surface area (Å²) in [5.74, 6) is 1.09. The smallest absolute Gasteiger partial charge is 0.290 e. The number of fused-ring (bicyclic) bond motifs is 2. The van der Waals surface area contributed by atoms with Gasteiger partial charge in [0, 0.05) is 44.2 Å². The standard InChI is InChI=1S/C29H33Cl2N5O3.CH2O2/c1-3-39-28-19(5-4-14-33-28)22-8-6-20-23(34-22)17-36(25(37)10-13-32)18-29(20)11-15-35(16-12-29)24-9-7-21(30)27(38-2)26(24)31;2-1-3/h4-9,14H,3,10-13,15-18,32H2,1-2H3;1H,(H,2,3). The third kappa shape index (κ3) is 6.40. The Labute approximate surface area is 255 Å². The van der Waals surface area contributed by atoms with Gasteiger partial charge in [-0.25, -0.2) is 4.98 Å². The fourth-order valence-corrected chi connectivity index (χ4v) is 6.44. The molecule has 1 saturated heterocycles. The predicted octanol–water partition coefficient (Wildman–Crippen LogP) is 4.79. The van der Waals surface area contributed by atoms with Gasteiger partial charge in [-0.15, -0.1) is 0 Å². The third-order valence-electron chi connectivity index (χ3n) is 7.71. The summed E-state index contributed by atoms with van der Waals surface area (Å²) in [5, 5.41) is 7.88. The molecule has 3 N–H and O–H groups in total. The Morgan fingerprint density at radius 3 is 2.60 bits per heavy atom. The number of piperidine rings is 1. The Bertz CT molecular complexity index is 1410. The molecule has 5 rings (SSSR count). The number of benzene rings is 1. The van der Waals surface area contributed by atoms with E-state index in [2.05, 4.69) is 16.0 Å². The number of halogens is 2. The normalized spacial score (nSPS) is 15.4. The van der Waals surface area contributed by atoms with Gasteiger partial charge in [-0.3, -0.25) is 14.6 Å². The predicted molar refractivity (Wildman–Crippen MR) is 163 cm³/mol. The molecule has 1 aromatic carbocycles. The summed E-state index contributed by atoms with van der Waals surface area (Å²) in [7, 11) is 1.57. The van der Waals surface area contributed by atoms with Crippen LogP contribution in [-0.2, 0) is 21.5 Å². The zero-order chi connectivity index (χ0) is 30.3. The first kappa shape index (κ1) is 31.3. The lowest BCUT2D eigenvalue weighted by Gasteiger charge is -2.49. The zero-order valence-electron chi connectivity index (χ0n) is 23.7. The molecule has 4 heterocycles. The van der Waals surface area contributed by atoms with Crippen LogP contribution in [0, 0.1) is 0 Å². The summed E-state index contributed by atoms with van der Waals surface area (Å²) >= 11 is 13.0. The first-order valence-electron chi connectivity index (χ1n) is 13.7. The number of carbonyl (C=O) groups excluding carboxylic acids is 1. The topological polar surface area (TPSA) is 131 Å². The first-order valence-corrected chi connectivity index (χ1v) is 14.5. The van der Waals surface area contributed by atoms with Crippen molar-refractivity contribution in [3.8, 4) is 22.9 Å². The van der Waals surface area contributed by atoms with Crippen LogP contribution < -0.4 is 20.1 Å². The van der Waals surface area contributed by atoms with Gasteiger partial charge in [0.05, 0.1) is 47.9 Å². The fraction of sp³-hybridized carbons (Fsp3) is 0.400. The SMILES string of the molecule is CCOc1ncccc1-c1ccc2c(n1)CN(C(=O)CCN)CC21CCN(c2ccc(Cl)c(OC)c2Cl)CC1.O=CO. The molecule has 0 bridgehead atoms. The number of nitrogens with two attached hydrogens (primary N) is 1. The Kier molecular flexibility index (Phi) is 10.5. The molecule has 1 spiro atoms. The van der Waals surface area contributed by atoms with Gasteiger partial charge in [0.2, 0.25) is 11.8 Å². The molecule has 0 atom stereocenters. The Morgan fingerprint density at radius 1 is 1.19 bits per heavy atom. The van der Waals surface area contributed by atoms with Crippen LogP contribution in [0.1, 0.15) is 37.4 Å². The van der Waals surface area contributed by atoms with E-state index in [1.165, 1.54) is 5.56 Å². The highest BCUT2D eigenvalue weighted by atomic mass is 35.5. The van der Waals surface area contributed by atoms with Gasteiger partial charge in [-0.05, 0) is 55.7 Å². The summed E-state index contributed by atoms with van der Waals surface area (Å²) in [6.45, 7) is 5.15. The van der Waals surface area contributed by atoms with Crippen LogP contribution >= 0.6 is 23.2 Å². The van der Waals surface area contributed by atoms with Crippen molar-refractivity contribution in [2.24, 2.45) is 5.73 Å². The lowest BCUT2D eigenvalue weighted by atomic mass is 9.69. The van der Waals surface area contributed by atoms with E-state index in [1.54, 1.807) is 13.3 Å². The zero-order valence-corrected chi connectivity index (χ0v) is 25.2. The van der Waals surface area contributed by atoms with Crippen molar-refractivity contribution in [3.63, 3.8) is 0 Å². The average molecular weight is 617 g/mol. The molecule has 2 aliphatic heterocycles. The molecule has 1 fully saturated rings. The third-order valence-corrected chi connectivity index (χ3v) is 8.38. The fourth-order valence-electron chi connectivity index (χ4n) is 5.79. The number of hydrogen-bond donors (Lipinski definition) is 2. The van der Waals surface area contributed by atoms with Crippen molar-refractivity contribution >= 4 is 41.3 Å². The highest BCUT2D eigenvalue weighted by Gasteiger charge is 2.44. The molecule has 224 valence electrons. The molecule has 0 saturated carbocycles. The minimum absolute atomic E-state index is 0.0547. The van der Waals surface area contributed by atoms with Crippen molar-refractivity contribution in [2.45, 2.75) is 38.1 Å². The second-order valence-corrected chi connectivity index (χ2v) is 10.8. The molecule has 0 unspecified atom stereocenters. The van der Waals surface area contributed by atoms with E-state index in [4.69, 9.17) is 53.3 Å². The minimum Gasteiger partial charge on any atom is -0.494 e. The van der Waals surface area contributed by atoms with Crippen LogP contribution in [0.2, 0.25) is 10.0 Å². The first-order chi connectivity index (χ1) is 20.3. The van der Waals surface area contributed by atoms with Crippen LogP contribution in [0.25, 0.3) is 11.3 Å². The number of rotatable bonds is 7. The number of ether oxygens (including phenoxy) is 2. The van der Waals surface area contributed by atoms with E-state index >= 15 is 0 Å². The quantitative estimate of drug-likeness (QED) is 0.360. The van der Waals surface area contributed by atoms with Crippen LogP contribution in [0.15, 0.2) is 42.6 Å². The maximum atomic E-state index is 13.1. The molecule has 2 aromatic heterocycles. The van der Waals surface area contributed by atoms with Crippen LogP contribution in [0.5, 0.6) is 11.6 Å². The van der Waals surface area contributed by atoms with E-state index in [-0.39, 0.29) is 17.8 Å². The van der Waals surface area contributed by atoms with Gasteiger partial charge in [-0.2, -0.15) is 0 Å². The number of carboxylic acid groups (broad SMARTS) is 1. The Morgan fingerprint density at radius 2 is 1.93 bits per heavy atom. The van der Waals surface area contributed by atoms with Gasteiger partial charge >= 0.3 is 0 Å². The van der Waals surface area contributed by atoms with Crippen LogP contribution in [0.4, 0.5) is 5.69 Å². The Balaban J connectivity index is 0.00000129. The molecule has 0 radical (unpaired) electrons. The maximum Gasteiger partial charge on any atom is 0.290 e. The Hall–Kier alpha value is -3.60. The van der Waals surface area contributed by atoms with Gasteiger partial charge in [-0.1, -0.05) is 29.3 Å². The molecule has 0 aliphatic carbocycles. The van der Waals surface area contributed by atoms with Crippen LogP contribution in [-0.4, -0.2) is 72.2 Å². The molecule has 2 aliphatic rings.